The van der Waals surface area contributed by atoms with Gasteiger partial charge in [-0.05, 0) is 93.2 Å². The van der Waals surface area contributed by atoms with E-state index in [1.54, 1.807) is 35.4 Å². The normalized spacial score (nSPS) is 12.9. The first-order chi connectivity index (χ1) is 24.4. The van der Waals surface area contributed by atoms with E-state index in [0.717, 1.165) is 28.5 Å². The summed E-state index contributed by atoms with van der Waals surface area (Å²) in [6.45, 7) is 22.1. The highest BCUT2D eigenvalue weighted by molar-refractivity contribution is 7.89. The van der Waals surface area contributed by atoms with E-state index >= 15 is 0 Å². The Morgan fingerprint density at radius 3 is 2.06 bits per heavy atom. The average molecular weight is 769 g/mol. The number of rotatable bonds is 14. The monoisotopic (exact) mass is 768 g/mol. The number of pyridine rings is 1. The highest BCUT2D eigenvalue weighted by Gasteiger charge is 2.41. The highest BCUT2D eigenvalue weighted by Crippen LogP contribution is 2.40. The molecule has 2 aromatic carbocycles. The number of aromatic nitrogens is 1. The number of anilines is 1. The number of hydrogen-bond acceptors (Lipinski definition) is 9. The van der Waals surface area contributed by atoms with Gasteiger partial charge in [0.1, 0.15) is 11.6 Å². The molecule has 0 saturated heterocycles. The molecule has 0 saturated carbocycles. The SMILES string of the molecule is CC(=O)Nc1ccc([C@H](CN(C(=O)OCCc2ccc(-c3ccc(C(=O)NS(C)(=O)=O)c(OC(C)C)c3)cc2)C(C)(C)C)O[Si](C)(C)C(C)(C)C)cn1. The first-order valence-electron chi connectivity index (χ1n) is 17.6. The fourth-order valence-corrected chi connectivity index (χ4v) is 6.77. The number of carbonyl (C=O) groups excluding carboxylic acids is 3. The van der Waals surface area contributed by atoms with Crippen LogP contribution in [0.25, 0.3) is 11.1 Å². The third-order valence-electron chi connectivity index (χ3n) is 8.85. The molecule has 0 unspecified atom stereocenters. The van der Waals surface area contributed by atoms with Crippen LogP contribution < -0.4 is 14.8 Å². The fourth-order valence-electron chi connectivity index (χ4n) is 5.04. The third-order valence-corrected chi connectivity index (χ3v) is 13.9. The van der Waals surface area contributed by atoms with Gasteiger partial charge >= 0.3 is 6.09 Å². The van der Waals surface area contributed by atoms with E-state index in [9.17, 15) is 22.8 Å². The lowest BCUT2D eigenvalue weighted by Crippen LogP contribution is -2.50. The summed E-state index contributed by atoms with van der Waals surface area (Å²) >= 11 is 0. The van der Waals surface area contributed by atoms with Crippen LogP contribution in [0.15, 0.2) is 60.8 Å². The molecule has 3 amide bonds. The molecule has 1 aromatic heterocycles. The van der Waals surface area contributed by atoms with Gasteiger partial charge in [-0.25, -0.2) is 22.9 Å². The largest absolute Gasteiger partial charge is 0.490 e. The Hall–Kier alpha value is -4.27. The van der Waals surface area contributed by atoms with E-state index in [0.29, 0.717) is 12.2 Å². The Bertz CT molecular complexity index is 1850. The maximum absolute atomic E-state index is 13.7. The molecule has 1 heterocycles. The number of hydrogen-bond donors (Lipinski definition) is 2. The number of nitrogens with zero attached hydrogens (tertiary/aromatic N) is 2. The lowest BCUT2D eigenvalue weighted by Gasteiger charge is -2.42. The minimum atomic E-state index is -3.75. The van der Waals surface area contributed by atoms with E-state index in [-0.39, 0.29) is 41.5 Å². The lowest BCUT2D eigenvalue weighted by atomic mass is 10.0. The zero-order chi connectivity index (χ0) is 39.9. The van der Waals surface area contributed by atoms with Crippen LogP contribution in [0.1, 0.15) is 89.9 Å². The van der Waals surface area contributed by atoms with Crippen LogP contribution in [0.3, 0.4) is 0 Å². The Morgan fingerprint density at radius 1 is 0.925 bits per heavy atom. The molecule has 0 fully saturated rings. The quantitative estimate of drug-likeness (QED) is 0.157. The van der Waals surface area contributed by atoms with Gasteiger partial charge < -0.3 is 24.1 Å². The summed E-state index contributed by atoms with van der Waals surface area (Å²) in [4.78, 5) is 44.0. The van der Waals surface area contributed by atoms with Crippen molar-refractivity contribution in [3.63, 3.8) is 0 Å². The molecule has 3 rings (SSSR count). The van der Waals surface area contributed by atoms with Crippen molar-refractivity contribution in [2.75, 3.05) is 24.7 Å². The van der Waals surface area contributed by atoms with Crippen molar-refractivity contribution in [2.45, 2.75) is 105 Å². The van der Waals surface area contributed by atoms with Gasteiger partial charge in [0.05, 0.1) is 37.2 Å². The van der Waals surface area contributed by atoms with Crippen LogP contribution in [-0.4, -0.2) is 75.6 Å². The summed E-state index contributed by atoms with van der Waals surface area (Å²) in [5, 5.41) is 2.61. The van der Waals surface area contributed by atoms with Crippen LogP contribution in [-0.2, 0) is 30.4 Å². The summed E-state index contributed by atoms with van der Waals surface area (Å²) in [5.41, 5.74) is 2.92. The first kappa shape index (κ1) is 43.1. The smallest absolute Gasteiger partial charge is 0.410 e. The predicted molar refractivity (Wildman–Crippen MR) is 211 cm³/mol. The second kappa shape index (κ2) is 17.2. The molecule has 53 heavy (non-hydrogen) atoms. The van der Waals surface area contributed by atoms with Crippen molar-refractivity contribution in [1.29, 1.82) is 0 Å². The van der Waals surface area contributed by atoms with Crippen LogP contribution in [0.4, 0.5) is 10.6 Å². The summed E-state index contributed by atoms with van der Waals surface area (Å²) < 4.78 is 43.9. The van der Waals surface area contributed by atoms with Crippen molar-refractivity contribution in [1.82, 2.24) is 14.6 Å². The topological polar surface area (TPSA) is 153 Å². The predicted octanol–water partition coefficient (Wildman–Crippen LogP) is 7.73. The molecule has 0 spiro atoms. The first-order valence-corrected chi connectivity index (χ1v) is 22.4. The maximum atomic E-state index is 13.7. The molecule has 290 valence electrons. The molecule has 14 heteroatoms. The van der Waals surface area contributed by atoms with E-state index in [1.165, 1.54) is 6.92 Å². The Labute approximate surface area is 316 Å². The average Bonchev–Trinajstić information content (AvgIpc) is 3.01. The van der Waals surface area contributed by atoms with Gasteiger partial charge in [-0.15, -0.1) is 0 Å². The number of benzene rings is 2. The van der Waals surface area contributed by atoms with Crippen molar-refractivity contribution >= 4 is 42.1 Å². The van der Waals surface area contributed by atoms with Gasteiger partial charge in [0.2, 0.25) is 15.9 Å². The van der Waals surface area contributed by atoms with Crippen molar-refractivity contribution < 1.29 is 36.7 Å². The van der Waals surface area contributed by atoms with E-state index in [4.69, 9.17) is 13.9 Å². The molecular formula is C39H56N4O8SSi. The number of carbonyl (C=O) groups is 3. The number of nitrogens with one attached hydrogen (secondary N) is 2. The summed E-state index contributed by atoms with van der Waals surface area (Å²) in [5.74, 6) is -0.272. The summed E-state index contributed by atoms with van der Waals surface area (Å²) in [6.07, 6.45) is 1.89. The summed E-state index contributed by atoms with van der Waals surface area (Å²) in [7, 11) is -6.05. The zero-order valence-electron chi connectivity index (χ0n) is 33.1. The molecule has 1 atom stereocenters. The Morgan fingerprint density at radius 2 is 1.55 bits per heavy atom. The lowest BCUT2D eigenvalue weighted by molar-refractivity contribution is -0.114. The van der Waals surface area contributed by atoms with Crippen LogP contribution in [0.2, 0.25) is 18.1 Å². The molecule has 12 nitrogen and oxygen atoms in total. The number of sulfonamides is 1. The van der Waals surface area contributed by atoms with Gasteiger partial charge in [-0.3, -0.25) is 9.59 Å². The molecule has 3 aromatic rings. The second-order valence-electron chi connectivity index (χ2n) is 15.9. The van der Waals surface area contributed by atoms with Crippen molar-refractivity contribution in [3.05, 3.63) is 77.5 Å². The zero-order valence-corrected chi connectivity index (χ0v) is 34.9. The maximum Gasteiger partial charge on any atom is 0.410 e. The van der Waals surface area contributed by atoms with Gasteiger partial charge in [-0.2, -0.15) is 0 Å². The Kier molecular flexibility index (Phi) is 14.0. The molecule has 0 aliphatic rings. The molecule has 0 radical (unpaired) electrons. The van der Waals surface area contributed by atoms with Crippen molar-refractivity contribution in [2.24, 2.45) is 0 Å². The molecular weight excluding hydrogens is 713 g/mol. The van der Waals surface area contributed by atoms with Gasteiger partial charge in [0.15, 0.2) is 8.32 Å². The van der Waals surface area contributed by atoms with Crippen LogP contribution in [0, 0.1) is 0 Å². The van der Waals surface area contributed by atoms with Crippen LogP contribution in [0.5, 0.6) is 5.75 Å². The van der Waals surface area contributed by atoms with Crippen molar-refractivity contribution in [3.8, 4) is 16.9 Å². The second-order valence-corrected chi connectivity index (χ2v) is 22.5. The molecule has 0 bridgehead atoms. The molecule has 0 aliphatic heterocycles. The Balaban J connectivity index is 1.76. The van der Waals surface area contributed by atoms with Gasteiger partial charge in [0.25, 0.3) is 5.91 Å². The number of ether oxygens (including phenoxy) is 2. The fraction of sp³-hybridized carbons (Fsp3) is 0.487. The van der Waals surface area contributed by atoms with E-state index < -0.39 is 42.0 Å². The highest BCUT2D eigenvalue weighted by atomic mass is 32.2. The van der Waals surface area contributed by atoms with Crippen LogP contribution >= 0.6 is 0 Å². The molecule has 2 N–H and O–H groups in total. The van der Waals surface area contributed by atoms with Gasteiger partial charge in [0, 0.05) is 25.1 Å². The minimum absolute atomic E-state index is 0.0818. The summed E-state index contributed by atoms with van der Waals surface area (Å²) in [6, 6.07) is 16.3. The van der Waals surface area contributed by atoms with E-state index in [2.05, 4.69) is 44.2 Å². The third kappa shape index (κ3) is 13.0. The van der Waals surface area contributed by atoms with E-state index in [1.807, 2.05) is 69.7 Å². The minimum Gasteiger partial charge on any atom is -0.490 e. The van der Waals surface area contributed by atoms with Gasteiger partial charge in [-0.1, -0.05) is 57.2 Å². The number of amides is 3. The molecule has 0 aliphatic carbocycles. The standard InChI is InChI=1S/C39H56N4O8SSi/c1-26(2)50-33-23-30(17-19-32(33)36(45)42-52(10,47)48)29-15-13-28(14-16-29)21-22-49-37(46)43(38(4,5)6)25-34(51-53(11,12)39(7,8)9)31-18-20-35(40-24-31)41-27(3)44/h13-20,23-24,26,34H,21-22,25H2,1-12H3,(H,42,45)(H,40,41,44)/t34-/m0/s1.